The van der Waals surface area contributed by atoms with Crippen LogP contribution < -0.4 is 10.7 Å². The number of anilines is 1. The zero-order chi connectivity index (χ0) is 20.3. The second-order valence-electron chi connectivity index (χ2n) is 7.45. The Bertz CT molecular complexity index is 1210. The van der Waals surface area contributed by atoms with E-state index in [2.05, 4.69) is 65.9 Å². The summed E-state index contributed by atoms with van der Waals surface area (Å²) in [5, 5.41) is 3.69. The van der Waals surface area contributed by atoms with Crippen LogP contribution in [0.5, 0.6) is 0 Å². The van der Waals surface area contributed by atoms with Gasteiger partial charge in [0.05, 0.1) is 0 Å². The molecule has 1 N–H and O–H groups in total. The lowest BCUT2D eigenvalue weighted by molar-refractivity contribution is 0.103. The number of benzene rings is 4. The van der Waals surface area contributed by atoms with E-state index in [-0.39, 0.29) is 12.6 Å². The SMILES string of the molecule is O=C(c1ccccc1)c1ccc(B2Nc3ccccc3C=C2c2ccccc2)cc1. The molecule has 0 bridgehead atoms. The third-order valence-corrected chi connectivity index (χ3v) is 5.53. The molecule has 142 valence electrons. The molecule has 3 heteroatoms. The Morgan fingerprint density at radius 1 is 0.633 bits per heavy atom. The van der Waals surface area contributed by atoms with Crippen molar-refractivity contribution >= 4 is 35.3 Å². The number of rotatable bonds is 4. The van der Waals surface area contributed by atoms with Crippen molar-refractivity contribution in [3.8, 4) is 0 Å². The average molecular weight is 385 g/mol. The van der Waals surface area contributed by atoms with Gasteiger partial charge >= 0.3 is 6.85 Å². The summed E-state index contributed by atoms with van der Waals surface area (Å²) >= 11 is 0. The molecule has 0 radical (unpaired) electrons. The summed E-state index contributed by atoms with van der Waals surface area (Å²) in [5.74, 6) is 0.0444. The molecular formula is C27H20BNO. The largest absolute Gasteiger partial charge is 0.420 e. The summed E-state index contributed by atoms with van der Waals surface area (Å²) in [6.45, 7) is 0.0168. The molecule has 2 nitrogen and oxygen atoms in total. The maximum atomic E-state index is 12.8. The number of hydrogen-bond acceptors (Lipinski definition) is 2. The van der Waals surface area contributed by atoms with Gasteiger partial charge in [-0.05, 0) is 22.7 Å². The standard InChI is InChI=1S/C27H20BNO/c30-27(21-11-5-2-6-12-21)22-15-17-24(18-16-22)28-25(20-9-3-1-4-10-20)19-23-13-7-8-14-26(23)29-28/h1-19,29H. The van der Waals surface area contributed by atoms with E-state index in [1.54, 1.807) is 0 Å². The van der Waals surface area contributed by atoms with Crippen molar-refractivity contribution in [3.63, 3.8) is 0 Å². The molecule has 1 heterocycles. The molecule has 0 aromatic heterocycles. The molecule has 0 saturated carbocycles. The first-order valence-electron chi connectivity index (χ1n) is 10.1. The van der Waals surface area contributed by atoms with Crippen LogP contribution in [-0.2, 0) is 0 Å². The fraction of sp³-hybridized carbons (Fsp3) is 0. The van der Waals surface area contributed by atoms with Crippen LogP contribution in [0.25, 0.3) is 11.5 Å². The predicted octanol–water partition coefficient (Wildman–Crippen LogP) is 5.32. The summed E-state index contributed by atoms with van der Waals surface area (Å²) in [5.41, 5.74) is 7.25. The minimum absolute atomic E-state index is 0.0168. The van der Waals surface area contributed by atoms with E-state index in [0.29, 0.717) is 11.1 Å². The van der Waals surface area contributed by atoms with Crippen LogP contribution in [0.2, 0.25) is 0 Å². The maximum absolute atomic E-state index is 12.8. The van der Waals surface area contributed by atoms with Crippen LogP contribution in [0.1, 0.15) is 27.0 Å². The van der Waals surface area contributed by atoms with Gasteiger partial charge in [0, 0.05) is 16.8 Å². The molecule has 0 atom stereocenters. The fourth-order valence-corrected chi connectivity index (χ4v) is 3.97. The minimum Gasteiger partial charge on any atom is -0.420 e. The van der Waals surface area contributed by atoms with E-state index in [9.17, 15) is 4.79 Å². The molecule has 30 heavy (non-hydrogen) atoms. The first-order chi connectivity index (χ1) is 14.8. The van der Waals surface area contributed by atoms with Crippen LogP contribution in [0.15, 0.2) is 109 Å². The Morgan fingerprint density at radius 2 is 1.23 bits per heavy atom. The maximum Gasteiger partial charge on any atom is 0.321 e. The first-order valence-corrected chi connectivity index (χ1v) is 10.1. The second-order valence-corrected chi connectivity index (χ2v) is 7.45. The van der Waals surface area contributed by atoms with Gasteiger partial charge in [0.2, 0.25) is 0 Å². The number of ketones is 1. The van der Waals surface area contributed by atoms with Crippen LogP contribution in [0.3, 0.4) is 0 Å². The van der Waals surface area contributed by atoms with Crippen molar-refractivity contribution in [1.82, 2.24) is 0 Å². The molecule has 0 aliphatic carbocycles. The molecule has 0 spiro atoms. The first kappa shape index (κ1) is 18.2. The van der Waals surface area contributed by atoms with Crippen molar-refractivity contribution in [2.24, 2.45) is 0 Å². The molecule has 0 saturated heterocycles. The highest BCUT2D eigenvalue weighted by molar-refractivity contribution is 6.93. The van der Waals surface area contributed by atoms with Crippen molar-refractivity contribution in [2.45, 2.75) is 0 Å². The van der Waals surface area contributed by atoms with E-state index in [1.807, 2.05) is 54.6 Å². The van der Waals surface area contributed by atoms with Gasteiger partial charge in [0.15, 0.2) is 5.78 Å². The summed E-state index contributed by atoms with van der Waals surface area (Å²) in [6.07, 6.45) is 2.26. The van der Waals surface area contributed by atoms with E-state index in [0.717, 1.165) is 11.2 Å². The van der Waals surface area contributed by atoms with Crippen molar-refractivity contribution in [1.29, 1.82) is 0 Å². The number of fused-ring (bicyclic) bond motifs is 1. The highest BCUT2D eigenvalue weighted by Gasteiger charge is 2.28. The number of para-hydroxylation sites is 1. The fourth-order valence-electron chi connectivity index (χ4n) is 3.97. The van der Waals surface area contributed by atoms with E-state index in [4.69, 9.17) is 0 Å². The van der Waals surface area contributed by atoms with Gasteiger partial charge < -0.3 is 5.23 Å². The molecule has 0 fully saturated rings. The lowest BCUT2D eigenvalue weighted by Crippen LogP contribution is -2.41. The predicted molar refractivity (Wildman–Crippen MR) is 126 cm³/mol. The molecule has 5 rings (SSSR count). The highest BCUT2D eigenvalue weighted by Crippen LogP contribution is 2.30. The lowest BCUT2D eigenvalue weighted by Gasteiger charge is -2.26. The number of hydrogen-bond donors (Lipinski definition) is 1. The molecule has 1 aliphatic rings. The van der Waals surface area contributed by atoms with Gasteiger partial charge in [-0.15, -0.1) is 0 Å². The normalized spacial score (nSPS) is 12.5. The van der Waals surface area contributed by atoms with Crippen molar-refractivity contribution in [2.75, 3.05) is 5.23 Å². The number of carbonyl (C=O) groups excluding carboxylic acids is 1. The van der Waals surface area contributed by atoms with Gasteiger partial charge in [-0.3, -0.25) is 4.79 Å². The average Bonchev–Trinajstić information content (AvgIpc) is 2.84. The van der Waals surface area contributed by atoms with Gasteiger partial charge in [-0.1, -0.05) is 115 Å². The summed E-state index contributed by atoms with van der Waals surface area (Å²) in [7, 11) is 0. The van der Waals surface area contributed by atoms with E-state index >= 15 is 0 Å². The zero-order valence-corrected chi connectivity index (χ0v) is 16.5. The van der Waals surface area contributed by atoms with Crippen LogP contribution in [0.4, 0.5) is 5.69 Å². The van der Waals surface area contributed by atoms with Crippen LogP contribution in [0, 0.1) is 0 Å². The smallest absolute Gasteiger partial charge is 0.321 e. The molecule has 4 aromatic carbocycles. The second kappa shape index (κ2) is 7.88. The molecule has 0 unspecified atom stereocenters. The van der Waals surface area contributed by atoms with Gasteiger partial charge in [0.25, 0.3) is 0 Å². The topological polar surface area (TPSA) is 29.1 Å². The van der Waals surface area contributed by atoms with Gasteiger partial charge in [0.1, 0.15) is 0 Å². The van der Waals surface area contributed by atoms with Crippen molar-refractivity contribution in [3.05, 3.63) is 131 Å². The molecule has 1 aliphatic heterocycles. The zero-order valence-electron chi connectivity index (χ0n) is 16.5. The minimum atomic E-state index is 0.0168. The highest BCUT2D eigenvalue weighted by atomic mass is 16.1. The van der Waals surface area contributed by atoms with Crippen LogP contribution in [-0.4, -0.2) is 12.6 Å². The number of carbonyl (C=O) groups is 1. The quantitative estimate of drug-likeness (QED) is 0.381. The Labute approximate surface area is 177 Å². The van der Waals surface area contributed by atoms with Gasteiger partial charge in [-0.25, -0.2) is 0 Å². The summed E-state index contributed by atoms with van der Waals surface area (Å²) < 4.78 is 0. The van der Waals surface area contributed by atoms with E-state index in [1.165, 1.54) is 16.6 Å². The Morgan fingerprint density at radius 3 is 1.97 bits per heavy atom. The van der Waals surface area contributed by atoms with Crippen molar-refractivity contribution < 1.29 is 4.79 Å². The molecule has 0 amide bonds. The van der Waals surface area contributed by atoms with Crippen LogP contribution >= 0.6 is 0 Å². The van der Waals surface area contributed by atoms with Gasteiger partial charge in [-0.2, -0.15) is 0 Å². The Kier molecular flexibility index (Phi) is 4.78. The lowest BCUT2D eigenvalue weighted by atomic mass is 9.47. The Balaban J connectivity index is 1.52. The molecule has 4 aromatic rings. The third-order valence-electron chi connectivity index (χ3n) is 5.53. The van der Waals surface area contributed by atoms with E-state index < -0.39 is 0 Å². The number of nitrogens with one attached hydrogen (secondary N) is 1. The molecular weight excluding hydrogens is 365 g/mol. The summed E-state index contributed by atoms with van der Waals surface area (Å²) in [4.78, 5) is 12.8. The third kappa shape index (κ3) is 3.46. The Hall–Kier alpha value is -3.85. The monoisotopic (exact) mass is 385 g/mol. The summed E-state index contributed by atoms with van der Waals surface area (Å²) in [6, 6.07) is 36.2.